The molecule has 3 aliphatic heterocycles. The van der Waals surface area contributed by atoms with Crippen molar-refractivity contribution in [1.29, 1.82) is 0 Å². The van der Waals surface area contributed by atoms with E-state index in [1.165, 1.54) is 12.5 Å². The summed E-state index contributed by atoms with van der Waals surface area (Å²) in [5.74, 6) is -0.394. The van der Waals surface area contributed by atoms with Gasteiger partial charge in [0.2, 0.25) is 10.4 Å². The summed E-state index contributed by atoms with van der Waals surface area (Å²) in [5.41, 5.74) is -2.30. The molecule has 3 saturated heterocycles. The molecule has 0 bridgehead atoms. The molecule has 0 aromatic heterocycles. The van der Waals surface area contributed by atoms with Crippen molar-refractivity contribution in [2.24, 2.45) is 39.9 Å². The Morgan fingerprint density at radius 1 is 0.914 bits per heavy atom. The molecule has 0 radical (unpaired) electrons. The van der Waals surface area contributed by atoms with Crippen LogP contribution in [-0.4, -0.2) is 135 Å². The average Bonchev–Trinajstić information content (AvgIpc) is 3.61. The van der Waals surface area contributed by atoms with Crippen molar-refractivity contribution in [2.45, 2.75) is 185 Å². The van der Waals surface area contributed by atoms with Crippen molar-refractivity contribution in [1.82, 2.24) is 0 Å². The molecular weight excluding hydrogens is 791 g/mol. The molecule has 4 aliphatic carbocycles. The summed E-state index contributed by atoms with van der Waals surface area (Å²) in [6.07, 6.45) is -7.13. The van der Waals surface area contributed by atoms with Crippen molar-refractivity contribution >= 4 is 16.4 Å². The maximum atomic E-state index is 14.1. The molecular formula is C40H63NaO16S. The zero-order valence-corrected chi connectivity index (χ0v) is 37.8. The second-order valence-electron chi connectivity index (χ2n) is 19.8. The topological polar surface area (TPSA) is 251 Å². The summed E-state index contributed by atoms with van der Waals surface area (Å²) < 4.78 is 69.5. The zero-order valence-electron chi connectivity index (χ0n) is 35.0. The average molecular weight is 855 g/mol. The molecule has 1 spiro atoms. The number of hydrogen-bond acceptors (Lipinski definition) is 16. The quantitative estimate of drug-likeness (QED) is 0.0368. The predicted molar refractivity (Wildman–Crippen MR) is 197 cm³/mol. The molecule has 326 valence electrons. The molecule has 18 atom stereocenters. The minimum Gasteiger partial charge on any atom is -0.726 e. The SMILES string of the molecule is C[C@H]1O[C@H](O[C@H]2[C@H](OC3CC[C@]4(C)C5=C[C@H](O)C67C(=O)O[C@@](C)(CCCC(C)(C)O)[C@H]6CCC7C5CCC4C3(C)C)OC[C@@H](OS(=O)(=O)[O-])[C@@H]2O)[C@H](O)[C@@H](O)[C@@H]1O.[Na+]. The third-order valence-corrected chi connectivity index (χ3v) is 15.9. The van der Waals surface area contributed by atoms with E-state index in [2.05, 4.69) is 25.0 Å². The fourth-order valence-electron chi connectivity index (χ4n) is 12.7. The van der Waals surface area contributed by atoms with Gasteiger partial charge in [0.15, 0.2) is 12.6 Å². The maximum absolute atomic E-state index is 14.1. The molecule has 0 aromatic carbocycles. The van der Waals surface area contributed by atoms with Gasteiger partial charge >= 0.3 is 35.5 Å². The molecule has 7 aliphatic rings. The smallest absolute Gasteiger partial charge is 0.726 e. The predicted octanol–water partition coefficient (Wildman–Crippen LogP) is -1.43. The van der Waals surface area contributed by atoms with Gasteiger partial charge in [-0.15, -0.1) is 0 Å². The Hall–Kier alpha value is -0.320. The van der Waals surface area contributed by atoms with E-state index in [0.29, 0.717) is 32.1 Å². The summed E-state index contributed by atoms with van der Waals surface area (Å²) in [6.45, 7) is 12.9. The largest absolute Gasteiger partial charge is 1.00 e. The van der Waals surface area contributed by atoms with E-state index >= 15 is 0 Å². The molecule has 3 saturated carbocycles. The number of allylic oxidation sites excluding steroid dienone is 1. The third-order valence-electron chi connectivity index (χ3n) is 15.4. The van der Waals surface area contributed by atoms with Crippen LogP contribution in [0.25, 0.3) is 0 Å². The number of esters is 1. The van der Waals surface area contributed by atoms with Gasteiger partial charge in [-0.05, 0) is 114 Å². The number of aliphatic hydroxyl groups excluding tert-OH is 5. The first-order valence-corrected chi connectivity index (χ1v) is 22.0. The number of hydrogen-bond donors (Lipinski definition) is 6. The van der Waals surface area contributed by atoms with Crippen molar-refractivity contribution in [2.75, 3.05) is 6.61 Å². The van der Waals surface area contributed by atoms with Gasteiger partial charge in [0.25, 0.3) is 0 Å². The van der Waals surface area contributed by atoms with E-state index in [-0.39, 0.29) is 64.6 Å². The monoisotopic (exact) mass is 854 g/mol. The Balaban J connectivity index is 0.00000567. The second kappa shape index (κ2) is 16.3. The maximum Gasteiger partial charge on any atom is 1.00 e. The fraction of sp³-hybridized carbons (Fsp3) is 0.925. The van der Waals surface area contributed by atoms with Gasteiger partial charge in [-0.2, -0.15) is 0 Å². The first-order valence-electron chi connectivity index (χ1n) is 20.7. The Kier molecular flexibility index (Phi) is 13.3. The Labute approximate surface area is 363 Å². The number of carbonyl (C=O) groups is 1. The minimum absolute atomic E-state index is 0. The van der Waals surface area contributed by atoms with Crippen molar-refractivity contribution in [3.8, 4) is 0 Å². The molecule has 6 fully saturated rings. The Morgan fingerprint density at radius 2 is 1.59 bits per heavy atom. The fourth-order valence-corrected chi connectivity index (χ4v) is 13.2. The first kappa shape index (κ1) is 47.2. The van der Waals surface area contributed by atoms with Crippen LogP contribution in [0.1, 0.15) is 106 Å². The molecule has 3 heterocycles. The van der Waals surface area contributed by atoms with E-state index in [1.807, 2.05) is 13.0 Å². The number of rotatable bonds is 10. The van der Waals surface area contributed by atoms with Crippen LogP contribution in [0.5, 0.6) is 0 Å². The van der Waals surface area contributed by atoms with Crippen LogP contribution in [0.4, 0.5) is 0 Å². The molecule has 6 N–H and O–H groups in total. The van der Waals surface area contributed by atoms with E-state index in [0.717, 1.165) is 25.7 Å². The molecule has 18 heteroatoms. The van der Waals surface area contributed by atoms with Gasteiger partial charge in [0, 0.05) is 5.92 Å². The molecule has 0 amide bonds. The van der Waals surface area contributed by atoms with Gasteiger partial charge in [-0.3, -0.25) is 8.98 Å². The summed E-state index contributed by atoms with van der Waals surface area (Å²) in [7, 11) is -5.27. The van der Waals surface area contributed by atoms with E-state index in [1.54, 1.807) is 13.8 Å². The van der Waals surface area contributed by atoms with Gasteiger partial charge < -0.3 is 58.9 Å². The summed E-state index contributed by atoms with van der Waals surface area (Å²) in [6, 6.07) is 0. The molecule has 5 unspecified atom stereocenters. The molecule has 16 nitrogen and oxygen atoms in total. The van der Waals surface area contributed by atoms with Crippen LogP contribution in [0.3, 0.4) is 0 Å². The van der Waals surface area contributed by atoms with E-state index < -0.39 is 107 Å². The van der Waals surface area contributed by atoms with Crippen LogP contribution in [0, 0.1) is 39.9 Å². The zero-order chi connectivity index (χ0) is 41.8. The van der Waals surface area contributed by atoms with Crippen LogP contribution >= 0.6 is 0 Å². The van der Waals surface area contributed by atoms with Crippen LogP contribution in [0.2, 0.25) is 0 Å². The second-order valence-corrected chi connectivity index (χ2v) is 20.8. The summed E-state index contributed by atoms with van der Waals surface area (Å²) in [4.78, 5) is 14.1. The van der Waals surface area contributed by atoms with E-state index in [9.17, 15) is 48.4 Å². The molecule has 0 aromatic rings. The van der Waals surface area contributed by atoms with Crippen LogP contribution in [-0.2, 0) is 43.1 Å². The Bertz CT molecular complexity index is 1670. The number of carbonyl (C=O) groups excluding carboxylic acids is 1. The van der Waals surface area contributed by atoms with Crippen molar-refractivity contribution in [3.63, 3.8) is 0 Å². The van der Waals surface area contributed by atoms with E-state index in [4.69, 9.17) is 23.7 Å². The number of fused-ring (bicyclic) bond motifs is 4. The Morgan fingerprint density at radius 3 is 2.24 bits per heavy atom. The third kappa shape index (κ3) is 7.95. The first-order chi connectivity index (χ1) is 26.3. The van der Waals surface area contributed by atoms with Gasteiger partial charge in [-0.25, -0.2) is 8.42 Å². The van der Waals surface area contributed by atoms with Gasteiger partial charge in [0.05, 0.1) is 30.5 Å². The van der Waals surface area contributed by atoms with Crippen LogP contribution < -0.4 is 29.6 Å². The van der Waals surface area contributed by atoms with Crippen LogP contribution in [0.15, 0.2) is 11.6 Å². The van der Waals surface area contributed by atoms with Crippen molar-refractivity contribution < 1.29 is 106 Å². The number of aliphatic hydroxyl groups is 6. The minimum atomic E-state index is -5.27. The normalized spacial score (nSPS) is 48.8. The number of cyclic esters (lactones) is 1. The van der Waals surface area contributed by atoms with Gasteiger partial charge in [0.1, 0.15) is 47.6 Å². The molecule has 7 rings (SSSR count). The summed E-state index contributed by atoms with van der Waals surface area (Å²) in [5, 5.41) is 65.2. The summed E-state index contributed by atoms with van der Waals surface area (Å²) >= 11 is 0. The standard InChI is InChI=1S/C40H64O16S.Na/c1-19-28(42)30(44)31(45)33(52-19)54-32-29(43)23(56-57(48,49)50)18-51-34(32)53-27-13-16-38(6)22-17-26(41)40-21(20(22)9-11-24(38)37(27,4)5)10-12-25(40)39(7,55-35(40)46)15-8-14-36(2,3)47;/h17,19-21,23-34,41-45,47H,8-16,18H2,1-7H3,(H,48,49,50);/q;+1/p-1/t19-,20?,21?,23-,24?,25-,26+,27?,28-,29+,30+,31-,32-,33-,34+,38-,39+,40?;/m1./s1. The van der Waals surface area contributed by atoms with Crippen molar-refractivity contribution in [3.05, 3.63) is 11.6 Å². The van der Waals surface area contributed by atoms with Gasteiger partial charge in [-0.1, -0.05) is 32.4 Å². The molecule has 58 heavy (non-hydrogen) atoms. The number of ether oxygens (including phenoxy) is 5.